The molecule has 2 atom stereocenters. The number of carboxylic acids is 2. The number of nitrogens with two attached hydrogens (primary N) is 1. The molecular formula is C17H20ClNO5S. The molecule has 136 valence electrons. The Balaban J connectivity index is 0.000000450. The standard InChI is InChI=1S/C15H18ClNOS.C2H2O4/c1-10(2)14(17)15(13-8-5-9-19-13)18-12-7-4-3-6-11(12)16;3-1(4)2(5)6/h3-10,14-15H,17H2,1-2H3;(H,3,4)(H,5,6). The van der Waals surface area contributed by atoms with E-state index < -0.39 is 11.9 Å². The molecule has 0 spiro atoms. The molecule has 1 heterocycles. The quantitative estimate of drug-likeness (QED) is 0.677. The Bertz CT molecular complexity index is 678. The number of hydrogen-bond donors (Lipinski definition) is 3. The van der Waals surface area contributed by atoms with Crippen molar-refractivity contribution in [1.82, 2.24) is 0 Å². The summed E-state index contributed by atoms with van der Waals surface area (Å²) in [5.41, 5.74) is 6.29. The van der Waals surface area contributed by atoms with Crippen molar-refractivity contribution in [2.24, 2.45) is 11.7 Å². The Labute approximate surface area is 154 Å². The van der Waals surface area contributed by atoms with Crippen molar-refractivity contribution in [3.63, 3.8) is 0 Å². The molecule has 2 unspecified atom stereocenters. The minimum Gasteiger partial charge on any atom is -0.482 e. The highest BCUT2D eigenvalue weighted by atomic mass is 35.5. The molecule has 0 aliphatic carbocycles. The summed E-state index contributed by atoms with van der Waals surface area (Å²) in [5, 5.41) is 17.4. The minimum absolute atomic E-state index is 0.0741. The summed E-state index contributed by atoms with van der Waals surface area (Å²) in [5.74, 6) is -2.64. The van der Waals surface area contributed by atoms with Gasteiger partial charge in [-0.15, -0.1) is 11.3 Å². The lowest BCUT2D eigenvalue weighted by atomic mass is 9.98. The second-order valence-electron chi connectivity index (χ2n) is 5.42. The normalized spacial score (nSPS) is 12.7. The highest BCUT2D eigenvalue weighted by Gasteiger charge is 2.26. The lowest BCUT2D eigenvalue weighted by Crippen LogP contribution is -2.36. The molecule has 0 fully saturated rings. The van der Waals surface area contributed by atoms with Gasteiger partial charge in [0.1, 0.15) is 11.9 Å². The molecular weight excluding hydrogens is 366 g/mol. The number of carbonyl (C=O) groups is 2. The summed E-state index contributed by atoms with van der Waals surface area (Å²) >= 11 is 7.81. The lowest BCUT2D eigenvalue weighted by molar-refractivity contribution is -0.159. The van der Waals surface area contributed by atoms with Crippen molar-refractivity contribution in [3.05, 3.63) is 51.7 Å². The summed E-state index contributed by atoms with van der Waals surface area (Å²) in [6.45, 7) is 4.20. The van der Waals surface area contributed by atoms with E-state index in [2.05, 4.69) is 19.9 Å². The van der Waals surface area contributed by atoms with Crippen LogP contribution in [0.5, 0.6) is 5.75 Å². The molecule has 0 saturated heterocycles. The van der Waals surface area contributed by atoms with Crippen molar-refractivity contribution in [2.45, 2.75) is 26.0 Å². The zero-order chi connectivity index (χ0) is 19.0. The molecule has 0 saturated carbocycles. The maximum atomic E-state index is 9.10. The third-order valence-corrected chi connectivity index (χ3v) is 4.46. The van der Waals surface area contributed by atoms with Crippen molar-refractivity contribution in [2.75, 3.05) is 0 Å². The number of hydrogen-bond acceptors (Lipinski definition) is 5. The zero-order valence-electron chi connectivity index (χ0n) is 13.8. The number of rotatable bonds is 5. The molecule has 4 N–H and O–H groups in total. The summed E-state index contributed by atoms with van der Waals surface area (Å²) in [6.07, 6.45) is -0.167. The highest BCUT2D eigenvalue weighted by molar-refractivity contribution is 7.10. The van der Waals surface area contributed by atoms with Gasteiger partial charge in [-0.05, 0) is 29.5 Å². The van der Waals surface area contributed by atoms with E-state index in [1.54, 1.807) is 11.3 Å². The molecule has 2 rings (SSSR count). The van der Waals surface area contributed by atoms with E-state index in [9.17, 15) is 0 Å². The summed E-state index contributed by atoms with van der Waals surface area (Å²) in [6, 6.07) is 11.5. The predicted octanol–water partition coefficient (Wildman–Crippen LogP) is 3.66. The topological polar surface area (TPSA) is 110 Å². The van der Waals surface area contributed by atoms with E-state index in [4.69, 9.17) is 41.9 Å². The number of carboxylic acid groups (broad SMARTS) is 2. The zero-order valence-corrected chi connectivity index (χ0v) is 15.3. The minimum atomic E-state index is -1.82. The van der Waals surface area contributed by atoms with Crippen molar-refractivity contribution >= 4 is 34.9 Å². The summed E-state index contributed by atoms with van der Waals surface area (Å²) in [7, 11) is 0. The summed E-state index contributed by atoms with van der Waals surface area (Å²) < 4.78 is 6.07. The van der Waals surface area contributed by atoms with Gasteiger partial charge in [-0.25, -0.2) is 9.59 Å². The van der Waals surface area contributed by atoms with Crippen molar-refractivity contribution < 1.29 is 24.5 Å². The largest absolute Gasteiger partial charge is 0.482 e. The maximum absolute atomic E-state index is 9.10. The van der Waals surface area contributed by atoms with Gasteiger partial charge in [0.05, 0.1) is 5.02 Å². The van der Waals surface area contributed by atoms with E-state index in [1.807, 2.05) is 35.7 Å². The fourth-order valence-corrected chi connectivity index (χ4v) is 2.80. The molecule has 1 aromatic heterocycles. The average molecular weight is 386 g/mol. The molecule has 0 aliphatic rings. The number of thiophene rings is 1. The van der Waals surface area contributed by atoms with Gasteiger partial charge < -0.3 is 20.7 Å². The third kappa shape index (κ3) is 6.74. The molecule has 0 aliphatic heterocycles. The fraction of sp³-hybridized carbons (Fsp3) is 0.294. The van der Waals surface area contributed by atoms with Crippen molar-refractivity contribution in [1.29, 1.82) is 0 Å². The Hall–Kier alpha value is -2.09. The second kappa shape index (κ2) is 10.0. The summed E-state index contributed by atoms with van der Waals surface area (Å²) in [4.78, 5) is 19.3. The van der Waals surface area contributed by atoms with Crippen LogP contribution < -0.4 is 10.5 Å². The first kappa shape index (κ1) is 21.0. The Morgan fingerprint density at radius 2 is 1.72 bits per heavy atom. The van der Waals surface area contributed by atoms with Crippen LogP contribution in [0.1, 0.15) is 24.8 Å². The van der Waals surface area contributed by atoms with E-state index >= 15 is 0 Å². The molecule has 2 aromatic rings. The van der Waals surface area contributed by atoms with Gasteiger partial charge in [0.15, 0.2) is 0 Å². The molecule has 25 heavy (non-hydrogen) atoms. The molecule has 0 radical (unpaired) electrons. The van der Waals surface area contributed by atoms with E-state index in [-0.39, 0.29) is 12.1 Å². The molecule has 0 amide bonds. The van der Waals surface area contributed by atoms with Crippen LogP contribution in [-0.4, -0.2) is 28.2 Å². The molecule has 6 nitrogen and oxygen atoms in total. The smallest absolute Gasteiger partial charge is 0.414 e. The Morgan fingerprint density at radius 1 is 1.12 bits per heavy atom. The second-order valence-corrected chi connectivity index (χ2v) is 6.80. The number of halogens is 1. The van der Waals surface area contributed by atoms with Gasteiger partial charge in [-0.3, -0.25) is 0 Å². The fourth-order valence-electron chi connectivity index (χ4n) is 1.81. The Morgan fingerprint density at radius 3 is 2.16 bits per heavy atom. The van der Waals surface area contributed by atoms with Gasteiger partial charge in [-0.2, -0.15) is 0 Å². The van der Waals surface area contributed by atoms with Gasteiger partial charge in [0.25, 0.3) is 0 Å². The van der Waals surface area contributed by atoms with Crippen LogP contribution in [0.3, 0.4) is 0 Å². The van der Waals surface area contributed by atoms with Gasteiger partial charge in [0.2, 0.25) is 0 Å². The van der Waals surface area contributed by atoms with Crippen LogP contribution in [0, 0.1) is 5.92 Å². The van der Waals surface area contributed by atoms with Gasteiger partial charge >= 0.3 is 11.9 Å². The number of ether oxygens (including phenoxy) is 1. The molecule has 1 aromatic carbocycles. The first-order valence-corrected chi connectivity index (χ1v) is 8.66. The maximum Gasteiger partial charge on any atom is 0.414 e. The van der Waals surface area contributed by atoms with E-state index in [0.29, 0.717) is 16.7 Å². The van der Waals surface area contributed by atoms with Crippen LogP contribution in [0.4, 0.5) is 0 Å². The average Bonchev–Trinajstić information content (AvgIpc) is 3.08. The molecule has 0 bridgehead atoms. The van der Waals surface area contributed by atoms with Crippen molar-refractivity contribution in [3.8, 4) is 5.75 Å². The molecule has 8 heteroatoms. The Kier molecular flexibility index (Phi) is 8.40. The van der Waals surface area contributed by atoms with Gasteiger partial charge in [-0.1, -0.05) is 43.6 Å². The van der Waals surface area contributed by atoms with Crippen LogP contribution in [0.15, 0.2) is 41.8 Å². The number of para-hydroxylation sites is 1. The first-order valence-electron chi connectivity index (χ1n) is 7.40. The predicted molar refractivity (Wildman–Crippen MR) is 97.2 cm³/mol. The monoisotopic (exact) mass is 385 g/mol. The van der Waals surface area contributed by atoms with E-state index in [1.165, 1.54) is 0 Å². The number of aliphatic carboxylic acids is 2. The SMILES string of the molecule is CC(C)C(N)C(Oc1ccccc1Cl)c1cccs1.O=C(O)C(=O)O. The lowest BCUT2D eigenvalue weighted by Gasteiger charge is -2.27. The first-order chi connectivity index (χ1) is 11.7. The van der Waals surface area contributed by atoms with Crippen LogP contribution in [0.25, 0.3) is 0 Å². The van der Waals surface area contributed by atoms with E-state index in [0.717, 1.165) is 4.88 Å². The van der Waals surface area contributed by atoms with Gasteiger partial charge in [0, 0.05) is 10.9 Å². The number of benzene rings is 1. The van der Waals surface area contributed by atoms with Crippen LogP contribution >= 0.6 is 22.9 Å². The van der Waals surface area contributed by atoms with Crippen LogP contribution in [0.2, 0.25) is 5.02 Å². The van der Waals surface area contributed by atoms with Crippen LogP contribution in [-0.2, 0) is 9.59 Å². The third-order valence-electron chi connectivity index (χ3n) is 3.22. The highest BCUT2D eigenvalue weighted by Crippen LogP contribution is 2.33.